The molecule has 0 atom stereocenters. The highest BCUT2D eigenvalue weighted by Gasteiger charge is 2.07. The zero-order valence-electron chi connectivity index (χ0n) is 13.2. The van der Waals surface area contributed by atoms with Gasteiger partial charge in [-0.2, -0.15) is 5.10 Å². The topological polar surface area (TPSA) is 97.1 Å². The summed E-state index contributed by atoms with van der Waals surface area (Å²) in [4.78, 5) is 26.5. The number of hydrogen-bond acceptors (Lipinski definition) is 4. The third-order valence-electron chi connectivity index (χ3n) is 3.30. The number of pyridine rings is 1. The Morgan fingerprint density at radius 1 is 1.22 bits per heavy atom. The molecule has 0 bridgehead atoms. The molecular weight excluding hydrogens is 296 g/mol. The number of carbonyl (C=O) groups is 2. The lowest BCUT2D eigenvalue weighted by atomic mass is 10.2. The Hall–Kier alpha value is -2.70. The first kappa shape index (κ1) is 16.7. The maximum absolute atomic E-state index is 11.8. The smallest absolute Gasteiger partial charge is 0.303 e. The number of nitrogens with zero attached hydrogens (tertiary/aromatic N) is 3. The highest BCUT2D eigenvalue weighted by atomic mass is 16.4. The van der Waals surface area contributed by atoms with E-state index in [1.165, 1.54) is 0 Å². The van der Waals surface area contributed by atoms with Gasteiger partial charge in [0, 0.05) is 18.5 Å². The van der Waals surface area contributed by atoms with Crippen molar-refractivity contribution >= 4 is 17.6 Å². The number of anilines is 1. The minimum absolute atomic E-state index is 0.0895. The third kappa shape index (κ3) is 4.91. The molecule has 0 aliphatic heterocycles. The maximum atomic E-state index is 11.8. The van der Waals surface area contributed by atoms with E-state index in [1.54, 1.807) is 23.0 Å². The van der Waals surface area contributed by atoms with Crippen molar-refractivity contribution in [3.8, 4) is 5.82 Å². The molecule has 0 radical (unpaired) electrons. The second-order valence-corrected chi connectivity index (χ2v) is 5.39. The van der Waals surface area contributed by atoms with E-state index in [2.05, 4.69) is 15.4 Å². The summed E-state index contributed by atoms with van der Waals surface area (Å²) < 4.78 is 1.74. The molecule has 0 aliphatic rings. The molecule has 0 unspecified atom stereocenters. The van der Waals surface area contributed by atoms with Crippen LogP contribution in [0.2, 0.25) is 0 Å². The molecular formula is C16H20N4O3. The average molecular weight is 316 g/mol. The van der Waals surface area contributed by atoms with Crippen molar-refractivity contribution in [2.24, 2.45) is 0 Å². The van der Waals surface area contributed by atoms with Gasteiger partial charge >= 0.3 is 5.97 Å². The first-order valence-corrected chi connectivity index (χ1v) is 7.47. The number of unbranched alkanes of at least 4 members (excludes halogenated alkanes) is 1. The van der Waals surface area contributed by atoms with Crippen LogP contribution in [-0.2, 0) is 9.59 Å². The summed E-state index contributed by atoms with van der Waals surface area (Å²) in [6.07, 6.45) is 3.02. The summed E-state index contributed by atoms with van der Waals surface area (Å²) in [5.41, 5.74) is 2.52. The van der Waals surface area contributed by atoms with Crippen LogP contribution >= 0.6 is 0 Å². The van der Waals surface area contributed by atoms with Crippen LogP contribution in [0.5, 0.6) is 0 Å². The fourth-order valence-corrected chi connectivity index (χ4v) is 2.23. The second-order valence-electron chi connectivity index (χ2n) is 5.39. The van der Waals surface area contributed by atoms with Gasteiger partial charge < -0.3 is 10.4 Å². The van der Waals surface area contributed by atoms with Crippen LogP contribution in [0.25, 0.3) is 5.82 Å². The summed E-state index contributed by atoms with van der Waals surface area (Å²) in [5.74, 6) is -0.291. The first-order chi connectivity index (χ1) is 11.0. The van der Waals surface area contributed by atoms with Gasteiger partial charge in [0.2, 0.25) is 5.91 Å². The number of hydrogen-bond donors (Lipinski definition) is 2. The predicted molar refractivity (Wildman–Crippen MR) is 85.6 cm³/mol. The molecule has 0 saturated heterocycles. The van der Waals surface area contributed by atoms with Crippen molar-refractivity contribution in [1.82, 2.24) is 14.8 Å². The molecule has 2 rings (SSSR count). The Kier molecular flexibility index (Phi) is 5.46. The highest BCUT2D eigenvalue weighted by Crippen LogP contribution is 2.13. The summed E-state index contributed by atoms with van der Waals surface area (Å²) in [6.45, 7) is 3.87. The van der Waals surface area contributed by atoms with E-state index in [0.717, 1.165) is 11.4 Å². The fraction of sp³-hybridized carbons (Fsp3) is 0.375. The molecule has 0 spiro atoms. The molecule has 7 heteroatoms. The van der Waals surface area contributed by atoms with Crippen molar-refractivity contribution in [2.45, 2.75) is 39.5 Å². The van der Waals surface area contributed by atoms with Gasteiger partial charge in [-0.15, -0.1) is 0 Å². The molecule has 0 aliphatic carbocycles. The number of rotatable bonds is 7. The number of nitrogens with one attached hydrogen (secondary N) is 1. The normalized spacial score (nSPS) is 10.5. The van der Waals surface area contributed by atoms with Gasteiger partial charge in [-0.25, -0.2) is 9.67 Å². The van der Waals surface area contributed by atoms with Crippen molar-refractivity contribution in [1.29, 1.82) is 0 Å². The van der Waals surface area contributed by atoms with E-state index in [9.17, 15) is 9.59 Å². The Labute approximate surface area is 134 Å². The average Bonchev–Trinajstić information content (AvgIpc) is 2.83. The number of carbonyl (C=O) groups excluding carboxylic acids is 1. The van der Waals surface area contributed by atoms with E-state index in [0.29, 0.717) is 30.8 Å². The van der Waals surface area contributed by atoms with E-state index in [4.69, 9.17) is 5.11 Å². The van der Waals surface area contributed by atoms with Crippen molar-refractivity contribution in [3.05, 3.63) is 35.8 Å². The van der Waals surface area contributed by atoms with E-state index in [-0.39, 0.29) is 12.3 Å². The van der Waals surface area contributed by atoms with Gasteiger partial charge in [0.05, 0.1) is 17.6 Å². The van der Waals surface area contributed by atoms with Crippen LogP contribution in [0.15, 0.2) is 24.4 Å². The molecule has 122 valence electrons. The maximum Gasteiger partial charge on any atom is 0.303 e. The molecule has 0 aromatic carbocycles. The number of amides is 1. The van der Waals surface area contributed by atoms with Crippen molar-refractivity contribution in [3.63, 3.8) is 0 Å². The largest absolute Gasteiger partial charge is 0.481 e. The highest BCUT2D eigenvalue weighted by molar-refractivity contribution is 5.90. The monoisotopic (exact) mass is 316 g/mol. The van der Waals surface area contributed by atoms with Crippen LogP contribution in [0.3, 0.4) is 0 Å². The molecule has 0 saturated carbocycles. The van der Waals surface area contributed by atoms with Crippen LogP contribution in [0.4, 0.5) is 5.69 Å². The van der Waals surface area contributed by atoms with Crippen LogP contribution in [-0.4, -0.2) is 31.7 Å². The fourth-order valence-electron chi connectivity index (χ4n) is 2.23. The van der Waals surface area contributed by atoms with Crippen LogP contribution in [0, 0.1) is 13.8 Å². The van der Waals surface area contributed by atoms with Crippen molar-refractivity contribution in [2.75, 3.05) is 5.32 Å². The zero-order valence-corrected chi connectivity index (χ0v) is 13.2. The number of aromatic nitrogens is 3. The van der Waals surface area contributed by atoms with Gasteiger partial charge in [-0.1, -0.05) is 0 Å². The summed E-state index contributed by atoms with van der Waals surface area (Å²) in [7, 11) is 0. The van der Waals surface area contributed by atoms with E-state index >= 15 is 0 Å². The number of carboxylic acid groups (broad SMARTS) is 1. The summed E-state index contributed by atoms with van der Waals surface area (Å²) in [5, 5.41) is 15.6. The van der Waals surface area contributed by atoms with Gasteiger partial charge in [-0.3, -0.25) is 9.59 Å². The lowest BCUT2D eigenvalue weighted by Crippen LogP contribution is -2.12. The third-order valence-corrected chi connectivity index (χ3v) is 3.30. The standard InChI is InChI=1S/C16H20N4O3/c1-11-9-12(2)20(19-11)14-8-7-13(10-17-14)18-15(21)5-3-4-6-16(22)23/h7-10H,3-6H2,1-2H3,(H,18,21)(H,22,23). The van der Waals surface area contributed by atoms with Crippen LogP contribution < -0.4 is 5.32 Å². The zero-order chi connectivity index (χ0) is 16.8. The molecule has 2 heterocycles. The molecule has 2 N–H and O–H groups in total. The summed E-state index contributed by atoms with van der Waals surface area (Å²) in [6, 6.07) is 5.53. The molecule has 2 aromatic heterocycles. The van der Waals surface area contributed by atoms with Gasteiger partial charge in [0.25, 0.3) is 0 Å². The Morgan fingerprint density at radius 3 is 2.52 bits per heavy atom. The second kappa shape index (κ2) is 7.53. The molecule has 2 aromatic rings. The number of carboxylic acids is 1. The number of aliphatic carboxylic acids is 1. The predicted octanol–water partition coefficient (Wildman–Crippen LogP) is 2.47. The molecule has 1 amide bonds. The molecule has 23 heavy (non-hydrogen) atoms. The SMILES string of the molecule is Cc1cc(C)n(-c2ccc(NC(=O)CCCCC(=O)O)cn2)n1. The minimum Gasteiger partial charge on any atom is -0.481 e. The number of aryl methyl sites for hydroxylation is 2. The van der Waals surface area contributed by atoms with Gasteiger partial charge in [-0.05, 0) is 44.9 Å². The van der Waals surface area contributed by atoms with Crippen LogP contribution in [0.1, 0.15) is 37.1 Å². The van der Waals surface area contributed by atoms with Gasteiger partial charge in [0.1, 0.15) is 0 Å². The molecule has 0 fully saturated rings. The minimum atomic E-state index is -0.839. The Bertz CT molecular complexity index is 692. The lowest BCUT2D eigenvalue weighted by molar-refractivity contribution is -0.137. The lowest BCUT2D eigenvalue weighted by Gasteiger charge is -2.07. The summed E-state index contributed by atoms with van der Waals surface area (Å²) >= 11 is 0. The van der Waals surface area contributed by atoms with Crippen molar-refractivity contribution < 1.29 is 14.7 Å². The van der Waals surface area contributed by atoms with E-state index in [1.807, 2.05) is 19.9 Å². The quantitative estimate of drug-likeness (QED) is 0.765. The Morgan fingerprint density at radius 2 is 1.96 bits per heavy atom. The molecule has 7 nitrogen and oxygen atoms in total. The van der Waals surface area contributed by atoms with E-state index < -0.39 is 5.97 Å². The van der Waals surface area contributed by atoms with Gasteiger partial charge in [0.15, 0.2) is 5.82 Å². The Balaban J connectivity index is 1.88. The first-order valence-electron chi connectivity index (χ1n) is 7.47.